The Balaban J connectivity index is 2.50. The first-order valence-electron chi connectivity index (χ1n) is 5.13. The molecule has 0 bridgehead atoms. The van der Waals surface area contributed by atoms with Gasteiger partial charge in [-0.2, -0.15) is 0 Å². The summed E-state index contributed by atoms with van der Waals surface area (Å²) in [5.41, 5.74) is 0.532. The average Bonchev–Trinajstić information content (AvgIpc) is 2.27. The summed E-state index contributed by atoms with van der Waals surface area (Å²) in [5, 5.41) is 11.8. The van der Waals surface area contributed by atoms with Gasteiger partial charge in [-0.05, 0) is 18.2 Å². The Morgan fingerprint density at radius 1 is 1.50 bits per heavy atom. The smallest absolute Gasteiger partial charge is 0.337 e. The van der Waals surface area contributed by atoms with E-state index < -0.39 is 19.0 Å². The molecule has 0 fully saturated rings. The van der Waals surface area contributed by atoms with Crippen LogP contribution in [0.25, 0.3) is 0 Å². The highest BCUT2D eigenvalue weighted by atomic mass is 79.9. The van der Waals surface area contributed by atoms with Crippen molar-refractivity contribution >= 4 is 27.6 Å². The molecule has 0 saturated heterocycles. The van der Waals surface area contributed by atoms with Gasteiger partial charge in [-0.1, -0.05) is 15.9 Å². The number of anilines is 1. The number of carboxylic acids is 1. The highest BCUT2D eigenvalue weighted by Crippen LogP contribution is 2.21. The van der Waals surface area contributed by atoms with E-state index in [9.17, 15) is 13.6 Å². The van der Waals surface area contributed by atoms with E-state index >= 15 is 0 Å². The Labute approximate surface area is 111 Å². The number of carbonyl (C=O) groups is 1. The molecule has 0 atom stereocenters. The van der Waals surface area contributed by atoms with Crippen molar-refractivity contribution in [3.8, 4) is 0 Å². The average molecular weight is 324 g/mol. The number of ether oxygens (including phenoxy) is 1. The summed E-state index contributed by atoms with van der Waals surface area (Å²) in [7, 11) is 0. The number of rotatable bonds is 7. The quantitative estimate of drug-likeness (QED) is 0.757. The Morgan fingerprint density at radius 3 is 2.83 bits per heavy atom. The zero-order valence-electron chi connectivity index (χ0n) is 9.33. The summed E-state index contributed by atoms with van der Waals surface area (Å²) >= 11 is 3.22. The molecule has 0 aliphatic heterocycles. The molecule has 0 aromatic heterocycles. The maximum absolute atomic E-state index is 11.8. The van der Waals surface area contributed by atoms with Gasteiger partial charge >= 0.3 is 5.97 Å². The van der Waals surface area contributed by atoms with Crippen molar-refractivity contribution in [2.45, 2.75) is 6.43 Å². The number of alkyl halides is 2. The van der Waals surface area contributed by atoms with Crippen molar-refractivity contribution in [2.75, 3.05) is 25.1 Å². The van der Waals surface area contributed by atoms with Gasteiger partial charge in [0, 0.05) is 16.7 Å². The predicted molar refractivity (Wildman–Crippen MR) is 66.4 cm³/mol. The zero-order chi connectivity index (χ0) is 13.5. The Hall–Kier alpha value is -1.21. The molecule has 7 heteroatoms. The zero-order valence-corrected chi connectivity index (χ0v) is 10.9. The van der Waals surface area contributed by atoms with E-state index in [4.69, 9.17) is 5.11 Å². The van der Waals surface area contributed by atoms with E-state index in [0.717, 1.165) is 4.47 Å². The van der Waals surface area contributed by atoms with Crippen LogP contribution in [0.2, 0.25) is 0 Å². The molecule has 1 rings (SSSR count). The van der Waals surface area contributed by atoms with Gasteiger partial charge in [0.2, 0.25) is 0 Å². The van der Waals surface area contributed by atoms with Crippen molar-refractivity contribution in [1.29, 1.82) is 0 Å². The predicted octanol–water partition coefficient (Wildman–Crippen LogP) is 2.84. The van der Waals surface area contributed by atoms with Gasteiger partial charge in [0.25, 0.3) is 6.43 Å². The van der Waals surface area contributed by atoms with Crippen LogP contribution in [0.15, 0.2) is 22.7 Å². The third kappa shape index (κ3) is 4.97. The highest BCUT2D eigenvalue weighted by molar-refractivity contribution is 9.10. The van der Waals surface area contributed by atoms with E-state index in [-0.39, 0.29) is 18.7 Å². The van der Waals surface area contributed by atoms with E-state index in [1.54, 1.807) is 12.1 Å². The summed E-state index contributed by atoms with van der Waals surface area (Å²) in [4.78, 5) is 10.9. The van der Waals surface area contributed by atoms with E-state index in [1.165, 1.54) is 6.07 Å². The lowest BCUT2D eigenvalue weighted by atomic mass is 10.2. The monoisotopic (exact) mass is 323 g/mol. The first-order valence-corrected chi connectivity index (χ1v) is 5.92. The maximum atomic E-state index is 11.8. The largest absolute Gasteiger partial charge is 0.478 e. The standard InChI is InChI=1S/C11H12BrF2NO3/c12-7-1-2-8(11(16)17)9(5-7)15-3-4-18-6-10(13)14/h1-2,5,10,15H,3-4,6H2,(H,16,17). The number of hydrogen-bond acceptors (Lipinski definition) is 3. The molecule has 0 amide bonds. The van der Waals surface area contributed by atoms with Crippen LogP contribution in [-0.2, 0) is 4.74 Å². The van der Waals surface area contributed by atoms with Crippen molar-refractivity contribution in [1.82, 2.24) is 0 Å². The third-order valence-electron chi connectivity index (χ3n) is 2.02. The Morgan fingerprint density at radius 2 is 2.22 bits per heavy atom. The van der Waals surface area contributed by atoms with Gasteiger partial charge in [0.1, 0.15) is 6.61 Å². The number of nitrogens with one attached hydrogen (secondary N) is 1. The van der Waals surface area contributed by atoms with Crippen LogP contribution >= 0.6 is 15.9 Å². The fourth-order valence-electron chi connectivity index (χ4n) is 1.28. The van der Waals surface area contributed by atoms with Crippen LogP contribution in [0.5, 0.6) is 0 Å². The fourth-order valence-corrected chi connectivity index (χ4v) is 1.64. The number of aromatic carboxylic acids is 1. The van der Waals surface area contributed by atoms with E-state index in [1.807, 2.05) is 0 Å². The van der Waals surface area contributed by atoms with Crippen LogP contribution in [0.4, 0.5) is 14.5 Å². The Kier molecular flexibility index (Phi) is 6.00. The van der Waals surface area contributed by atoms with E-state index in [2.05, 4.69) is 26.0 Å². The number of benzene rings is 1. The minimum absolute atomic E-state index is 0.0793. The normalized spacial score (nSPS) is 10.7. The van der Waals surface area contributed by atoms with Crippen LogP contribution in [0.1, 0.15) is 10.4 Å². The van der Waals surface area contributed by atoms with Crippen LogP contribution in [0, 0.1) is 0 Å². The van der Waals surface area contributed by atoms with Crippen LogP contribution in [0.3, 0.4) is 0 Å². The van der Waals surface area contributed by atoms with Gasteiger partial charge in [0.05, 0.1) is 12.2 Å². The molecule has 1 aromatic carbocycles. The Bertz CT molecular complexity index is 415. The second-order valence-electron chi connectivity index (χ2n) is 3.39. The van der Waals surface area contributed by atoms with Crippen molar-refractivity contribution < 1.29 is 23.4 Å². The van der Waals surface area contributed by atoms with Gasteiger partial charge in [-0.15, -0.1) is 0 Å². The molecular formula is C11H12BrF2NO3. The molecule has 1 aromatic rings. The topological polar surface area (TPSA) is 58.6 Å². The molecule has 2 N–H and O–H groups in total. The van der Waals surface area contributed by atoms with Crippen LogP contribution < -0.4 is 5.32 Å². The van der Waals surface area contributed by atoms with Crippen molar-refractivity contribution in [3.63, 3.8) is 0 Å². The van der Waals surface area contributed by atoms with Crippen molar-refractivity contribution in [2.24, 2.45) is 0 Å². The van der Waals surface area contributed by atoms with E-state index in [0.29, 0.717) is 5.69 Å². The molecule has 18 heavy (non-hydrogen) atoms. The summed E-state index contributed by atoms with van der Waals surface area (Å²) in [5.74, 6) is -1.06. The number of hydrogen-bond donors (Lipinski definition) is 2. The van der Waals surface area contributed by atoms with Gasteiger partial charge in [0.15, 0.2) is 0 Å². The molecule has 0 aliphatic rings. The number of halogens is 3. The molecule has 0 aliphatic carbocycles. The maximum Gasteiger partial charge on any atom is 0.337 e. The number of carboxylic acid groups (broad SMARTS) is 1. The second-order valence-corrected chi connectivity index (χ2v) is 4.30. The van der Waals surface area contributed by atoms with Crippen LogP contribution in [-0.4, -0.2) is 37.3 Å². The molecule has 0 unspecified atom stereocenters. The lowest BCUT2D eigenvalue weighted by Gasteiger charge is -2.10. The molecular weight excluding hydrogens is 312 g/mol. The molecule has 0 heterocycles. The third-order valence-corrected chi connectivity index (χ3v) is 2.51. The fraction of sp³-hybridized carbons (Fsp3) is 0.364. The molecule has 0 radical (unpaired) electrons. The molecule has 0 saturated carbocycles. The minimum atomic E-state index is -2.49. The lowest BCUT2D eigenvalue weighted by molar-refractivity contribution is 0.0215. The lowest BCUT2D eigenvalue weighted by Crippen LogP contribution is -2.14. The second kappa shape index (κ2) is 7.27. The van der Waals surface area contributed by atoms with Gasteiger partial charge < -0.3 is 15.2 Å². The SMILES string of the molecule is O=C(O)c1ccc(Br)cc1NCCOCC(F)F. The first-order chi connectivity index (χ1) is 8.50. The summed E-state index contributed by atoms with van der Waals surface area (Å²) < 4.78 is 29.0. The summed E-state index contributed by atoms with van der Waals surface area (Å²) in [6.45, 7) is -0.286. The minimum Gasteiger partial charge on any atom is -0.478 e. The van der Waals surface area contributed by atoms with Crippen molar-refractivity contribution in [3.05, 3.63) is 28.2 Å². The molecule has 4 nitrogen and oxygen atoms in total. The summed E-state index contributed by atoms with van der Waals surface area (Å²) in [6.07, 6.45) is -2.49. The highest BCUT2D eigenvalue weighted by Gasteiger charge is 2.09. The first kappa shape index (κ1) is 14.8. The molecule has 100 valence electrons. The van der Waals surface area contributed by atoms with Gasteiger partial charge in [-0.25, -0.2) is 13.6 Å². The molecule has 0 spiro atoms. The summed E-state index contributed by atoms with van der Waals surface area (Å²) in [6, 6.07) is 4.67. The van der Waals surface area contributed by atoms with Gasteiger partial charge in [-0.3, -0.25) is 0 Å².